The number of benzene rings is 2. The number of nitrogens with one attached hydrogen (secondary N) is 1. The van der Waals surface area contributed by atoms with Gasteiger partial charge in [0.05, 0.1) is 11.1 Å². The highest BCUT2D eigenvalue weighted by Gasteiger charge is 2.15. The maximum absolute atomic E-state index is 13.6. The van der Waals surface area contributed by atoms with Crippen LogP contribution in [0, 0.1) is 11.6 Å². The van der Waals surface area contributed by atoms with Crippen LogP contribution in [0.25, 0.3) is 0 Å². The van der Waals surface area contributed by atoms with Crippen molar-refractivity contribution in [2.75, 3.05) is 11.1 Å². The first-order valence-corrected chi connectivity index (χ1v) is 5.77. The molecule has 0 unspecified atom stereocenters. The lowest BCUT2D eigenvalue weighted by atomic mass is 10.1. The minimum atomic E-state index is -1.47. The molecule has 0 aromatic heterocycles. The van der Waals surface area contributed by atoms with Crippen molar-refractivity contribution >= 4 is 23.3 Å². The van der Waals surface area contributed by atoms with Crippen LogP contribution in [-0.4, -0.2) is 17.0 Å². The van der Waals surface area contributed by atoms with Crippen LogP contribution in [0.2, 0.25) is 0 Å². The number of aromatic carboxylic acids is 1. The Morgan fingerprint density at radius 3 is 2.33 bits per heavy atom. The Morgan fingerprint density at radius 2 is 1.71 bits per heavy atom. The van der Waals surface area contributed by atoms with Crippen molar-refractivity contribution in [2.24, 2.45) is 0 Å². The van der Waals surface area contributed by atoms with Crippen molar-refractivity contribution in [2.45, 2.75) is 0 Å². The van der Waals surface area contributed by atoms with E-state index in [0.29, 0.717) is 0 Å². The zero-order valence-electron chi connectivity index (χ0n) is 10.6. The molecule has 1 amide bonds. The first-order chi connectivity index (χ1) is 9.88. The minimum absolute atomic E-state index is 0.0371. The van der Waals surface area contributed by atoms with Crippen LogP contribution >= 0.6 is 0 Å². The van der Waals surface area contributed by atoms with Crippen LogP contribution in [0.4, 0.5) is 20.2 Å². The molecule has 2 aromatic carbocycles. The Kier molecular flexibility index (Phi) is 3.84. The fourth-order valence-electron chi connectivity index (χ4n) is 1.68. The van der Waals surface area contributed by atoms with Crippen molar-refractivity contribution < 1.29 is 23.5 Å². The van der Waals surface area contributed by atoms with E-state index in [0.717, 1.165) is 18.2 Å². The number of carboxylic acid groups (broad SMARTS) is 1. The van der Waals surface area contributed by atoms with Crippen LogP contribution in [0.3, 0.4) is 0 Å². The molecule has 5 nitrogen and oxygen atoms in total. The highest BCUT2D eigenvalue weighted by Crippen LogP contribution is 2.17. The van der Waals surface area contributed by atoms with Gasteiger partial charge in [0.2, 0.25) is 0 Å². The van der Waals surface area contributed by atoms with Gasteiger partial charge in [-0.3, -0.25) is 4.79 Å². The lowest BCUT2D eigenvalue weighted by Crippen LogP contribution is -2.14. The standard InChI is InChI=1S/C14H10F2N2O3/c15-11-4-2-8(6-10(11)14(20)21)18-13(19)9-3-1-7(17)5-12(9)16/h1-6H,17H2,(H,18,19)(H,20,21). The molecule has 0 radical (unpaired) electrons. The third-order valence-electron chi connectivity index (χ3n) is 2.69. The molecule has 2 rings (SSSR count). The summed E-state index contributed by atoms with van der Waals surface area (Å²) in [6.07, 6.45) is 0. The third-order valence-corrected chi connectivity index (χ3v) is 2.69. The van der Waals surface area contributed by atoms with Gasteiger partial charge in [-0.25, -0.2) is 13.6 Å². The fraction of sp³-hybridized carbons (Fsp3) is 0. The van der Waals surface area contributed by atoms with E-state index in [-0.39, 0.29) is 16.9 Å². The third kappa shape index (κ3) is 3.14. The van der Waals surface area contributed by atoms with E-state index in [2.05, 4.69) is 5.32 Å². The summed E-state index contributed by atoms with van der Waals surface area (Å²) in [4.78, 5) is 22.7. The van der Waals surface area contributed by atoms with Crippen LogP contribution < -0.4 is 11.1 Å². The molecule has 0 aliphatic heterocycles. The summed E-state index contributed by atoms with van der Waals surface area (Å²) in [5.41, 5.74) is 4.72. The average Bonchev–Trinajstić information content (AvgIpc) is 2.40. The lowest BCUT2D eigenvalue weighted by Gasteiger charge is -2.08. The monoisotopic (exact) mass is 292 g/mol. The van der Waals surface area contributed by atoms with Crippen molar-refractivity contribution in [1.29, 1.82) is 0 Å². The molecule has 0 saturated carbocycles. The second kappa shape index (κ2) is 5.58. The SMILES string of the molecule is Nc1ccc(C(=O)Nc2ccc(F)c(C(=O)O)c2)c(F)c1. The zero-order chi connectivity index (χ0) is 15.6. The Labute approximate surface area is 118 Å². The number of rotatable bonds is 3. The molecule has 0 spiro atoms. The molecule has 4 N–H and O–H groups in total. The first kappa shape index (κ1) is 14.4. The van der Waals surface area contributed by atoms with E-state index in [1.807, 2.05) is 0 Å². The number of halogens is 2. The number of nitrogens with two attached hydrogens (primary N) is 1. The molecule has 0 aliphatic rings. The quantitative estimate of drug-likeness (QED) is 0.758. The maximum Gasteiger partial charge on any atom is 0.338 e. The Hall–Kier alpha value is -2.96. The lowest BCUT2D eigenvalue weighted by molar-refractivity contribution is 0.0691. The fourth-order valence-corrected chi connectivity index (χ4v) is 1.68. The number of carboxylic acids is 1. The summed E-state index contributed by atoms with van der Waals surface area (Å²) in [7, 11) is 0. The molecule has 108 valence electrons. The van der Waals surface area contributed by atoms with Gasteiger partial charge in [0, 0.05) is 11.4 Å². The number of carbonyl (C=O) groups excluding carboxylic acids is 1. The average molecular weight is 292 g/mol. The van der Waals surface area contributed by atoms with Gasteiger partial charge < -0.3 is 16.2 Å². The van der Waals surface area contributed by atoms with E-state index in [4.69, 9.17) is 10.8 Å². The summed E-state index contributed by atoms with van der Waals surface area (Å²) in [5, 5.41) is 11.1. The first-order valence-electron chi connectivity index (χ1n) is 5.77. The Bertz CT molecular complexity index is 732. The van der Waals surface area contributed by atoms with Crippen molar-refractivity contribution in [3.63, 3.8) is 0 Å². The largest absolute Gasteiger partial charge is 0.478 e. The summed E-state index contributed by atoms with van der Waals surface area (Å²) in [5.74, 6) is -4.01. The van der Waals surface area contributed by atoms with Gasteiger partial charge >= 0.3 is 5.97 Å². The maximum atomic E-state index is 13.6. The van der Waals surface area contributed by atoms with Gasteiger partial charge in [-0.15, -0.1) is 0 Å². The molecule has 0 atom stereocenters. The Balaban J connectivity index is 2.27. The van der Waals surface area contributed by atoms with E-state index in [1.54, 1.807) is 0 Å². The molecule has 2 aromatic rings. The molecular formula is C14H10F2N2O3. The van der Waals surface area contributed by atoms with Crippen LogP contribution in [0.5, 0.6) is 0 Å². The second-order valence-corrected chi connectivity index (χ2v) is 4.19. The predicted octanol–water partition coefficient (Wildman–Crippen LogP) is 2.50. The number of hydrogen-bond acceptors (Lipinski definition) is 3. The number of anilines is 2. The smallest absolute Gasteiger partial charge is 0.338 e. The predicted molar refractivity (Wildman–Crippen MR) is 72.1 cm³/mol. The minimum Gasteiger partial charge on any atom is -0.478 e. The topological polar surface area (TPSA) is 92.4 Å². The highest BCUT2D eigenvalue weighted by atomic mass is 19.1. The van der Waals surface area contributed by atoms with Crippen LogP contribution in [0.15, 0.2) is 36.4 Å². The summed E-state index contributed by atoms with van der Waals surface area (Å²) in [6, 6.07) is 6.56. The summed E-state index contributed by atoms with van der Waals surface area (Å²) in [6.45, 7) is 0. The molecule has 0 heterocycles. The molecule has 7 heteroatoms. The molecule has 0 bridgehead atoms. The van der Waals surface area contributed by atoms with E-state index in [9.17, 15) is 18.4 Å². The second-order valence-electron chi connectivity index (χ2n) is 4.19. The number of amides is 1. The molecule has 0 fully saturated rings. The van der Waals surface area contributed by atoms with Gasteiger partial charge in [-0.1, -0.05) is 0 Å². The number of nitrogen functional groups attached to an aromatic ring is 1. The Morgan fingerprint density at radius 1 is 1.00 bits per heavy atom. The van der Waals surface area contributed by atoms with Gasteiger partial charge in [0.25, 0.3) is 5.91 Å². The van der Waals surface area contributed by atoms with Gasteiger partial charge in [-0.2, -0.15) is 0 Å². The van der Waals surface area contributed by atoms with Crippen molar-refractivity contribution in [1.82, 2.24) is 0 Å². The molecule has 21 heavy (non-hydrogen) atoms. The van der Waals surface area contributed by atoms with Gasteiger partial charge in [0.15, 0.2) is 0 Å². The van der Waals surface area contributed by atoms with Crippen molar-refractivity contribution in [3.8, 4) is 0 Å². The van der Waals surface area contributed by atoms with E-state index in [1.165, 1.54) is 18.2 Å². The highest BCUT2D eigenvalue weighted by molar-refractivity contribution is 6.05. The van der Waals surface area contributed by atoms with Crippen LogP contribution in [-0.2, 0) is 0 Å². The van der Waals surface area contributed by atoms with Gasteiger partial charge in [-0.05, 0) is 36.4 Å². The van der Waals surface area contributed by atoms with Gasteiger partial charge in [0.1, 0.15) is 11.6 Å². The molecular weight excluding hydrogens is 282 g/mol. The van der Waals surface area contributed by atoms with Crippen LogP contribution in [0.1, 0.15) is 20.7 Å². The summed E-state index contributed by atoms with van der Waals surface area (Å²) < 4.78 is 26.8. The molecule has 0 aliphatic carbocycles. The normalized spacial score (nSPS) is 10.2. The number of carbonyl (C=O) groups is 2. The number of hydrogen-bond donors (Lipinski definition) is 3. The summed E-state index contributed by atoms with van der Waals surface area (Å²) >= 11 is 0. The van der Waals surface area contributed by atoms with E-state index < -0.39 is 29.1 Å². The zero-order valence-corrected chi connectivity index (χ0v) is 10.6. The molecule has 0 saturated heterocycles. The van der Waals surface area contributed by atoms with E-state index >= 15 is 0 Å². The van der Waals surface area contributed by atoms with Crippen molar-refractivity contribution in [3.05, 3.63) is 59.2 Å².